The van der Waals surface area contributed by atoms with Crippen molar-refractivity contribution in [3.63, 3.8) is 0 Å². The van der Waals surface area contributed by atoms with Gasteiger partial charge in [0.2, 0.25) is 0 Å². The third-order valence-corrected chi connectivity index (χ3v) is 3.93. The third kappa shape index (κ3) is 2.04. The van der Waals surface area contributed by atoms with E-state index in [0.29, 0.717) is 5.92 Å². The standard InChI is InChI=1S/C18H16N4/c1-11(2)17-9-12(5-8-20-17)15-4-3-13-14-10-19-7-6-16(14)22-18(13)21-15/h3-11H,1-2H3,(H,21,22). The molecule has 0 saturated carbocycles. The summed E-state index contributed by atoms with van der Waals surface area (Å²) in [5, 5.41) is 2.21. The van der Waals surface area contributed by atoms with Crippen LogP contribution in [-0.4, -0.2) is 19.9 Å². The maximum absolute atomic E-state index is 4.77. The Hall–Kier alpha value is -2.75. The Bertz CT molecular complexity index is 969. The molecular weight excluding hydrogens is 272 g/mol. The van der Waals surface area contributed by atoms with Crippen molar-refractivity contribution in [2.24, 2.45) is 0 Å². The lowest BCUT2D eigenvalue weighted by Gasteiger charge is -2.06. The molecule has 0 unspecified atom stereocenters. The van der Waals surface area contributed by atoms with Crippen molar-refractivity contribution < 1.29 is 0 Å². The Balaban J connectivity index is 1.89. The number of fused-ring (bicyclic) bond motifs is 3. The molecule has 4 rings (SSSR count). The summed E-state index contributed by atoms with van der Waals surface area (Å²) in [5.74, 6) is 0.405. The molecule has 0 spiro atoms. The van der Waals surface area contributed by atoms with Crippen LogP contribution in [0.4, 0.5) is 0 Å². The summed E-state index contributed by atoms with van der Waals surface area (Å²) >= 11 is 0. The Kier molecular flexibility index (Phi) is 2.89. The average molecular weight is 288 g/mol. The van der Waals surface area contributed by atoms with Gasteiger partial charge in [0.1, 0.15) is 5.65 Å². The van der Waals surface area contributed by atoms with Crippen LogP contribution in [0.5, 0.6) is 0 Å². The van der Waals surface area contributed by atoms with Crippen molar-refractivity contribution in [3.8, 4) is 11.3 Å². The van der Waals surface area contributed by atoms with E-state index in [0.717, 1.165) is 38.9 Å². The smallest absolute Gasteiger partial charge is 0.139 e. The van der Waals surface area contributed by atoms with E-state index in [1.165, 1.54) is 0 Å². The van der Waals surface area contributed by atoms with E-state index in [9.17, 15) is 0 Å². The summed E-state index contributed by atoms with van der Waals surface area (Å²) in [5.41, 5.74) is 5.09. The minimum Gasteiger partial charge on any atom is -0.339 e. The van der Waals surface area contributed by atoms with Crippen LogP contribution in [-0.2, 0) is 0 Å². The first-order chi connectivity index (χ1) is 10.7. The average Bonchev–Trinajstić information content (AvgIpc) is 2.92. The predicted octanol–water partition coefficient (Wildman–Crippen LogP) is 4.30. The Morgan fingerprint density at radius 1 is 1.00 bits per heavy atom. The number of aromatic nitrogens is 4. The highest BCUT2D eigenvalue weighted by molar-refractivity contribution is 6.05. The van der Waals surface area contributed by atoms with Gasteiger partial charge in [0.05, 0.1) is 11.2 Å². The summed E-state index contributed by atoms with van der Waals surface area (Å²) < 4.78 is 0. The fourth-order valence-corrected chi connectivity index (χ4v) is 2.70. The minimum atomic E-state index is 0.405. The van der Waals surface area contributed by atoms with Crippen LogP contribution in [0.25, 0.3) is 33.2 Å². The summed E-state index contributed by atoms with van der Waals surface area (Å²) in [6.07, 6.45) is 5.51. The van der Waals surface area contributed by atoms with E-state index in [1.807, 2.05) is 24.5 Å². The highest BCUT2D eigenvalue weighted by atomic mass is 14.9. The first kappa shape index (κ1) is 13.0. The van der Waals surface area contributed by atoms with E-state index < -0.39 is 0 Å². The minimum absolute atomic E-state index is 0.405. The van der Waals surface area contributed by atoms with Gasteiger partial charge in [0, 0.05) is 40.6 Å². The molecule has 4 aromatic heterocycles. The first-order valence-electron chi connectivity index (χ1n) is 7.41. The van der Waals surface area contributed by atoms with Gasteiger partial charge in [-0.3, -0.25) is 9.97 Å². The highest BCUT2D eigenvalue weighted by Gasteiger charge is 2.09. The molecular formula is C18H16N4. The van der Waals surface area contributed by atoms with E-state index in [-0.39, 0.29) is 0 Å². The molecule has 0 aromatic carbocycles. The van der Waals surface area contributed by atoms with Gasteiger partial charge in [0.25, 0.3) is 0 Å². The van der Waals surface area contributed by atoms with Crippen molar-refractivity contribution in [3.05, 3.63) is 54.6 Å². The van der Waals surface area contributed by atoms with E-state index in [2.05, 4.69) is 47.0 Å². The van der Waals surface area contributed by atoms with Crippen LogP contribution in [0, 0.1) is 0 Å². The van der Waals surface area contributed by atoms with Crippen LogP contribution in [0.1, 0.15) is 25.5 Å². The summed E-state index contributed by atoms with van der Waals surface area (Å²) in [7, 11) is 0. The normalized spacial score (nSPS) is 11.6. The quantitative estimate of drug-likeness (QED) is 0.598. The van der Waals surface area contributed by atoms with Crippen LogP contribution in [0.15, 0.2) is 48.9 Å². The lowest BCUT2D eigenvalue weighted by atomic mass is 10.1. The van der Waals surface area contributed by atoms with Gasteiger partial charge in [-0.25, -0.2) is 4.98 Å². The van der Waals surface area contributed by atoms with E-state index >= 15 is 0 Å². The number of hydrogen-bond acceptors (Lipinski definition) is 3. The zero-order valence-corrected chi connectivity index (χ0v) is 12.5. The molecule has 0 aliphatic carbocycles. The zero-order chi connectivity index (χ0) is 15.1. The molecule has 0 bridgehead atoms. The van der Waals surface area contributed by atoms with Crippen molar-refractivity contribution in [1.82, 2.24) is 19.9 Å². The fourth-order valence-electron chi connectivity index (χ4n) is 2.70. The van der Waals surface area contributed by atoms with Gasteiger partial charge in [0.15, 0.2) is 0 Å². The second kappa shape index (κ2) is 4.91. The molecule has 22 heavy (non-hydrogen) atoms. The maximum atomic E-state index is 4.77. The van der Waals surface area contributed by atoms with Gasteiger partial charge in [-0.15, -0.1) is 0 Å². The lowest BCUT2D eigenvalue weighted by molar-refractivity contribution is 0.823. The van der Waals surface area contributed by atoms with Crippen molar-refractivity contribution in [2.75, 3.05) is 0 Å². The van der Waals surface area contributed by atoms with E-state index in [1.54, 1.807) is 6.20 Å². The van der Waals surface area contributed by atoms with E-state index in [4.69, 9.17) is 4.98 Å². The van der Waals surface area contributed by atoms with Gasteiger partial charge >= 0.3 is 0 Å². The van der Waals surface area contributed by atoms with Crippen molar-refractivity contribution in [1.29, 1.82) is 0 Å². The van der Waals surface area contributed by atoms with Crippen LogP contribution in [0.2, 0.25) is 0 Å². The molecule has 0 saturated heterocycles. The van der Waals surface area contributed by atoms with Gasteiger partial charge in [-0.1, -0.05) is 13.8 Å². The number of nitrogens with zero attached hydrogens (tertiary/aromatic N) is 3. The number of aromatic amines is 1. The summed E-state index contributed by atoms with van der Waals surface area (Å²) in [6, 6.07) is 10.3. The van der Waals surface area contributed by atoms with Gasteiger partial charge in [-0.05, 0) is 36.2 Å². The molecule has 0 aliphatic rings. The van der Waals surface area contributed by atoms with Gasteiger partial charge in [-0.2, -0.15) is 0 Å². The van der Waals surface area contributed by atoms with Crippen LogP contribution < -0.4 is 0 Å². The molecule has 0 atom stereocenters. The molecule has 4 heteroatoms. The molecule has 4 nitrogen and oxygen atoms in total. The molecule has 1 N–H and O–H groups in total. The maximum Gasteiger partial charge on any atom is 0.139 e. The lowest BCUT2D eigenvalue weighted by Crippen LogP contribution is -1.93. The fraction of sp³-hybridized carbons (Fsp3) is 0.167. The zero-order valence-electron chi connectivity index (χ0n) is 12.5. The number of hydrogen-bond donors (Lipinski definition) is 1. The SMILES string of the molecule is CC(C)c1cc(-c2ccc3c(n2)[nH]c2ccncc23)ccn1. The highest BCUT2D eigenvalue weighted by Crippen LogP contribution is 2.27. The molecule has 4 heterocycles. The largest absolute Gasteiger partial charge is 0.339 e. The van der Waals surface area contributed by atoms with Crippen molar-refractivity contribution >= 4 is 21.9 Å². The first-order valence-corrected chi connectivity index (χ1v) is 7.41. The predicted molar refractivity (Wildman–Crippen MR) is 88.7 cm³/mol. The third-order valence-electron chi connectivity index (χ3n) is 3.93. The van der Waals surface area contributed by atoms with Crippen LogP contribution >= 0.6 is 0 Å². The number of H-pyrrole nitrogens is 1. The number of rotatable bonds is 2. The number of pyridine rings is 3. The Morgan fingerprint density at radius 3 is 2.77 bits per heavy atom. The second-order valence-electron chi connectivity index (χ2n) is 5.76. The Labute approximate surface area is 128 Å². The topological polar surface area (TPSA) is 54.5 Å². The van der Waals surface area contributed by atoms with Crippen molar-refractivity contribution in [2.45, 2.75) is 19.8 Å². The molecule has 0 fully saturated rings. The molecule has 4 aromatic rings. The monoisotopic (exact) mass is 288 g/mol. The molecule has 0 aliphatic heterocycles. The van der Waals surface area contributed by atoms with Crippen LogP contribution in [0.3, 0.4) is 0 Å². The second-order valence-corrected chi connectivity index (χ2v) is 5.76. The summed E-state index contributed by atoms with van der Waals surface area (Å²) in [4.78, 5) is 16.7. The van der Waals surface area contributed by atoms with Gasteiger partial charge < -0.3 is 4.98 Å². The summed E-state index contributed by atoms with van der Waals surface area (Å²) in [6.45, 7) is 4.29. The molecule has 108 valence electrons. The number of nitrogens with one attached hydrogen (secondary N) is 1. The molecule has 0 radical (unpaired) electrons. The molecule has 0 amide bonds. The Morgan fingerprint density at radius 2 is 1.91 bits per heavy atom.